The molecule has 0 bridgehead atoms. The minimum atomic E-state index is 0.349. The fourth-order valence-electron chi connectivity index (χ4n) is 2.01. The lowest BCUT2D eigenvalue weighted by molar-refractivity contribution is -0.118. The van der Waals surface area contributed by atoms with Gasteiger partial charge in [0.25, 0.3) is 0 Å². The lowest BCUT2D eigenvalue weighted by Crippen LogP contribution is -2.09. The van der Waals surface area contributed by atoms with Crippen LogP contribution in [0.5, 0.6) is 0 Å². The van der Waals surface area contributed by atoms with E-state index >= 15 is 0 Å². The van der Waals surface area contributed by atoms with Gasteiger partial charge in [-0.25, -0.2) is 0 Å². The van der Waals surface area contributed by atoms with Gasteiger partial charge in [-0.1, -0.05) is 19.1 Å². The van der Waals surface area contributed by atoms with E-state index in [1.165, 1.54) is 19.3 Å². The summed E-state index contributed by atoms with van der Waals surface area (Å²) in [6, 6.07) is 0. The molecule has 0 aromatic carbocycles. The highest BCUT2D eigenvalue weighted by Gasteiger charge is 2.13. The summed E-state index contributed by atoms with van der Waals surface area (Å²) in [5.74, 6) is 1.70. The summed E-state index contributed by atoms with van der Waals surface area (Å²) in [5.41, 5.74) is 0. The third-order valence-electron chi connectivity index (χ3n) is 2.81. The minimum absolute atomic E-state index is 0.349. The average Bonchev–Trinajstić information content (AvgIpc) is 2.03. The first-order valence-corrected chi connectivity index (χ1v) is 5.34. The zero-order valence-corrected chi connectivity index (χ0v) is 8.75. The first kappa shape index (κ1) is 10.5. The Morgan fingerprint density at radius 3 is 2.85 bits per heavy atom. The van der Waals surface area contributed by atoms with Crippen molar-refractivity contribution in [2.45, 2.75) is 46.0 Å². The molecule has 1 aliphatic rings. The molecule has 13 heavy (non-hydrogen) atoms. The molecule has 0 radical (unpaired) electrons. The van der Waals surface area contributed by atoms with E-state index < -0.39 is 0 Å². The Kier molecular flexibility index (Phi) is 4.20. The zero-order valence-electron chi connectivity index (χ0n) is 8.75. The van der Waals surface area contributed by atoms with Gasteiger partial charge in [0.2, 0.25) is 0 Å². The van der Waals surface area contributed by atoms with Crippen molar-refractivity contribution in [1.29, 1.82) is 0 Å². The molecule has 1 rings (SSSR count). The van der Waals surface area contributed by atoms with Crippen molar-refractivity contribution in [2.24, 2.45) is 11.8 Å². The van der Waals surface area contributed by atoms with Crippen molar-refractivity contribution in [3.05, 3.63) is 12.2 Å². The van der Waals surface area contributed by atoms with Crippen molar-refractivity contribution >= 4 is 5.78 Å². The molecule has 1 heteroatoms. The van der Waals surface area contributed by atoms with Crippen molar-refractivity contribution in [1.82, 2.24) is 0 Å². The van der Waals surface area contributed by atoms with E-state index in [0.717, 1.165) is 12.8 Å². The van der Waals surface area contributed by atoms with E-state index in [4.69, 9.17) is 0 Å². The summed E-state index contributed by atoms with van der Waals surface area (Å²) in [4.78, 5) is 11.0. The molecule has 0 amide bonds. The van der Waals surface area contributed by atoms with Crippen LogP contribution in [0.2, 0.25) is 0 Å². The maximum atomic E-state index is 11.0. The van der Waals surface area contributed by atoms with E-state index in [1.54, 1.807) is 6.92 Å². The topological polar surface area (TPSA) is 17.1 Å². The molecule has 0 fully saturated rings. The molecule has 0 spiro atoms. The van der Waals surface area contributed by atoms with E-state index in [-0.39, 0.29) is 0 Å². The van der Waals surface area contributed by atoms with E-state index in [1.807, 2.05) is 0 Å². The van der Waals surface area contributed by atoms with Crippen molar-refractivity contribution in [2.75, 3.05) is 0 Å². The molecule has 0 aromatic rings. The van der Waals surface area contributed by atoms with Gasteiger partial charge in [-0.2, -0.15) is 0 Å². The lowest BCUT2D eigenvalue weighted by Gasteiger charge is -2.18. The van der Waals surface area contributed by atoms with Gasteiger partial charge in [0.1, 0.15) is 5.78 Å². The number of carbonyl (C=O) groups is 1. The van der Waals surface area contributed by atoms with Gasteiger partial charge in [-0.3, -0.25) is 0 Å². The first-order chi connectivity index (χ1) is 6.18. The Hall–Kier alpha value is -0.590. The van der Waals surface area contributed by atoms with Crippen LogP contribution in [-0.2, 0) is 4.79 Å². The number of allylic oxidation sites excluding steroid dienone is 2. The fourth-order valence-corrected chi connectivity index (χ4v) is 2.01. The summed E-state index contributed by atoms with van der Waals surface area (Å²) in [7, 11) is 0. The molecule has 0 heterocycles. The summed E-state index contributed by atoms with van der Waals surface area (Å²) < 4.78 is 0. The SMILES string of the molecule is CC(=O)CC1CC/C=C\C(C)CC1. The van der Waals surface area contributed by atoms with Gasteiger partial charge in [-0.05, 0) is 44.4 Å². The predicted molar refractivity (Wildman–Crippen MR) is 55.6 cm³/mol. The quantitative estimate of drug-likeness (QED) is 0.596. The van der Waals surface area contributed by atoms with Crippen LogP contribution in [-0.4, -0.2) is 5.78 Å². The maximum Gasteiger partial charge on any atom is 0.130 e. The molecular formula is C12H20O. The van der Waals surface area contributed by atoms with Crippen LogP contribution in [0, 0.1) is 11.8 Å². The Balaban J connectivity index is 2.40. The Labute approximate surface area is 81.2 Å². The van der Waals surface area contributed by atoms with Crippen LogP contribution in [0.25, 0.3) is 0 Å². The van der Waals surface area contributed by atoms with E-state index in [9.17, 15) is 4.79 Å². The number of ketones is 1. The van der Waals surface area contributed by atoms with Gasteiger partial charge in [0, 0.05) is 6.42 Å². The van der Waals surface area contributed by atoms with Crippen molar-refractivity contribution < 1.29 is 4.79 Å². The number of rotatable bonds is 2. The molecule has 2 unspecified atom stereocenters. The smallest absolute Gasteiger partial charge is 0.130 e. The zero-order chi connectivity index (χ0) is 9.68. The highest BCUT2D eigenvalue weighted by molar-refractivity contribution is 5.75. The lowest BCUT2D eigenvalue weighted by atomic mass is 9.87. The van der Waals surface area contributed by atoms with Gasteiger partial charge in [0.15, 0.2) is 0 Å². The Bertz CT molecular complexity index is 193. The monoisotopic (exact) mass is 180 g/mol. The average molecular weight is 180 g/mol. The first-order valence-electron chi connectivity index (χ1n) is 5.34. The number of carbonyl (C=O) groups excluding carboxylic acids is 1. The van der Waals surface area contributed by atoms with Gasteiger partial charge >= 0.3 is 0 Å². The Morgan fingerprint density at radius 2 is 2.15 bits per heavy atom. The summed E-state index contributed by atoms with van der Waals surface area (Å²) in [6.07, 6.45) is 10.2. The molecule has 0 aliphatic heterocycles. The van der Waals surface area contributed by atoms with Gasteiger partial charge in [-0.15, -0.1) is 0 Å². The molecular weight excluding hydrogens is 160 g/mol. The molecule has 1 aliphatic carbocycles. The fraction of sp³-hybridized carbons (Fsp3) is 0.750. The van der Waals surface area contributed by atoms with Crippen LogP contribution in [0.4, 0.5) is 0 Å². The number of Topliss-reactive ketones (excluding diaryl/α,β-unsaturated/α-hetero) is 1. The molecule has 74 valence electrons. The molecule has 0 aromatic heterocycles. The second kappa shape index (κ2) is 5.21. The highest BCUT2D eigenvalue weighted by atomic mass is 16.1. The maximum absolute atomic E-state index is 11.0. The molecule has 0 N–H and O–H groups in total. The second-order valence-electron chi connectivity index (χ2n) is 4.33. The Morgan fingerprint density at radius 1 is 1.38 bits per heavy atom. The van der Waals surface area contributed by atoms with Crippen molar-refractivity contribution in [3.63, 3.8) is 0 Å². The molecule has 1 nitrogen and oxygen atoms in total. The van der Waals surface area contributed by atoms with Crippen LogP contribution in [0.15, 0.2) is 12.2 Å². The second-order valence-corrected chi connectivity index (χ2v) is 4.33. The molecule has 0 saturated carbocycles. The minimum Gasteiger partial charge on any atom is -0.300 e. The summed E-state index contributed by atoms with van der Waals surface area (Å²) >= 11 is 0. The van der Waals surface area contributed by atoms with Gasteiger partial charge < -0.3 is 4.79 Å². The third kappa shape index (κ3) is 4.25. The molecule has 0 saturated heterocycles. The summed E-state index contributed by atoms with van der Waals surface area (Å²) in [6.45, 7) is 3.96. The summed E-state index contributed by atoms with van der Waals surface area (Å²) in [5, 5.41) is 0. The predicted octanol–water partition coefficient (Wildman–Crippen LogP) is 3.35. The number of hydrogen-bond acceptors (Lipinski definition) is 1. The number of hydrogen-bond donors (Lipinski definition) is 0. The van der Waals surface area contributed by atoms with Crippen LogP contribution in [0.1, 0.15) is 46.0 Å². The van der Waals surface area contributed by atoms with E-state index in [2.05, 4.69) is 19.1 Å². The van der Waals surface area contributed by atoms with Crippen LogP contribution < -0.4 is 0 Å². The third-order valence-corrected chi connectivity index (χ3v) is 2.81. The van der Waals surface area contributed by atoms with Crippen LogP contribution >= 0.6 is 0 Å². The van der Waals surface area contributed by atoms with Gasteiger partial charge in [0.05, 0.1) is 0 Å². The van der Waals surface area contributed by atoms with Crippen LogP contribution in [0.3, 0.4) is 0 Å². The van der Waals surface area contributed by atoms with E-state index in [0.29, 0.717) is 17.6 Å². The van der Waals surface area contributed by atoms with Crippen molar-refractivity contribution in [3.8, 4) is 0 Å². The standard InChI is InChI=1S/C12H20O/c1-10-5-3-4-6-12(8-7-10)9-11(2)13/h3,5,10,12H,4,6-9H2,1-2H3/b5-3-. The largest absolute Gasteiger partial charge is 0.300 e. The molecule has 2 atom stereocenters. The normalized spacial score (nSPS) is 31.8. The highest BCUT2D eigenvalue weighted by Crippen LogP contribution is 2.24.